The highest BCUT2D eigenvalue weighted by Crippen LogP contribution is 2.14. The molecule has 0 radical (unpaired) electrons. The Kier molecular flexibility index (Phi) is 7.45. The first-order valence-electron chi connectivity index (χ1n) is 7.28. The maximum absolute atomic E-state index is 5.76. The summed E-state index contributed by atoms with van der Waals surface area (Å²) in [6.45, 7) is 10.7. The molecule has 0 unspecified atom stereocenters. The van der Waals surface area contributed by atoms with E-state index in [1.807, 2.05) is 6.07 Å². The minimum atomic E-state index is 0.533. The van der Waals surface area contributed by atoms with Gasteiger partial charge in [-0.3, -0.25) is 0 Å². The molecule has 0 fully saturated rings. The van der Waals surface area contributed by atoms with Crippen LogP contribution in [-0.4, -0.2) is 36.1 Å². The molecule has 4 nitrogen and oxygen atoms in total. The van der Waals surface area contributed by atoms with E-state index in [2.05, 4.69) is 36.7 Å². The number of rotatable bonds is 9. The van der Waals surface area contributed by atoms with E-state index in [1.165, 1.54) is 0 Å². The van der Waals surface area contributed by atoms with Crippen molar-refractivity contribution in [2.24, 2.45) is 5.73 Å². The predicted molar refractivity (Wildman–Crippen MR) is 79.4 cm³/mol. The van der Waals surface area contributed by atoms with Crippen LogP contribution in [0.25, 0.3) is 0 Å². The lowest BCUT2D eigenvalue weighted by Crippen LogP contribution is -2.28. The minimum absolute atomic E-state index is 0.533. The van der Waals surface area contributed by atoms with Gasteiger partial charge in [-0.2, -0.15) is 0 Å². The molecular weight excluding hydrogens is 238 g/mol. The zero-order valence-electron chi connectivity index (χ0n) is 12.5. The zero-order chi connectivity index (χ0) is 14.1. The second kappa shape index (κ2) is 8.88. The highest BCUT2D eigenvalue weighted by Gasteiger charge is 2.04. The van der Waals surface area contributed by atoms with Gasteiger partial charge in [0.15, 0.2) is 0 Å². The van der Waals surface area contributed by atoms with Crippen LogP contribution in [0.5, 0.6) is 5.88 Å². The lowest BCUT2D eigenvalue weighted by Gasteiger charge is -2.18. The number of hydrogen-bond donors (Lipinski definition) is 1. The fourth-order valence-electron chi connectivity index (χ4n) is 2.02. The molecule has 0 aliphatic heterocycles. The van der Waals surface area contributed by atoms with Crippen LogP contribution in [0.2, 0.25) is 0 Å². The highest BCUT2D eigenvalue weighted by atomic mass is 16.5. The first-order chi connectivity index (χ1) is 9.23. The van der Waals surface area contributed by atoms with E-state index in [1.54, 1.807) is 0 Å². The average molecular weight is 265 g/mol. The Balaban J connectivity index is 2.58. The summed E-state index contributed by atoms with van der Waals surface area (Å²) in [5.74, 6) is 0.707. The molecule has 0 atom stereocenters. The largest absolute Gasteiger partial charge is 0.476 e. The van der Waals surface area contributed by atoms with E-state index >= 15 is 0 Å². The van der Waals surface area contributed by atoms with Gasteiger partial charge >= 0.3 is 0 Å². The van der Waals surface area contributed by atoms with E-state index in [0.29, 0.717) is 19.0 Å². The van der Waals surface area contributed by atoms with Gasteiger partial charge in [-0.25, -0.2) is 4.98 Å². The van der Waals surface area contributed by atoms with Gasteiger partial charge in [-0.15, -0.1) is 0 Å². The smallest absolute Gasteiger partial charge is 0.213 e. The summed E-state index contributed by atoms with van der Waals surface area (Å²) in [5, 5.41) is 0. The molecule has 108 valence electrons. The number of ether oxygens (including phenoxy) is 1. The van der Waals surface area contributed by atoms with E-state index in [-0.39, 0.29) is 0 Å². The molecule has 2 N–H and O–H groups in total. The highest BCUT2D eigenvalue weighted by molar-refractivity contribution is 5.25. The number of aryl methyl sites for hydroxylation is 1. The lowest BCUT2D eigenvalue weighted by molar-refractivity contribution is 0.217. The van der Waals surface area contributed by atoms with Crippen molar-refractivity contribution in [3.63, 3.8) is 0 Å². The predicted octanol–water partition coefficient (Wildman–Crippen LogP) is 2.21. The molecule has 0 amide bonds. The van der Waals surface area contributed by atoms with Gasteiger partial charge in [0, 0.05) is 24.8 Å². The van der Waals surface area contributed by atoms with Crippen molar-refractivity contribution >= 4 is 0 Å². The van der Waals surface area contributed by atoms with Crippen molar-refractivity contribution in [2.45, 2.75) is 40.2 Å². The maximum atomic E-state index is 5.76. The zero-order valence-corrected chi connectivity index (χ0v) is 12.5. The molecule has 0 saturated heterocycles. The van der Waals surface area contributed by atoms with Crippen LogP contribution in [0.15, 0.2) is 12.1 Å². The molecule has 0 aliphatic rings. The van der Waals surface area contributed by atoms with E-state index in [9.17, 15) is 0 Å². The average Bonchev–Trinajstić information content (AvgIpc) is 2.43. The van der Waals surface area contributed by atoms with Crippen molar-refractivity contribution in [1.29, 1.82) is 0 Å². The second-order valence-electron chi connectivity index (χ2n) is 4.63. The standard InChI is InChI=1S/C15H27N3O/c1-4-7-14-10-13(12-16)11-15(17-14)19-9-8-18(5-2)6-3/h10-11H,4-9,12,16H2,1-3H3. The van der Waals surface area contributed by atoms with Crippen molar-refractivity contribution in [1.82, 2.24) is 9.88 Å². The van der Waals surface area contributed by atoms with Gasteiger partial charge < -0.3 is 15.4 Å². The van der Waals surface area contributed by atoms with Gasteiger partial charge in [0.1, 0.15) is 6.61 Å². The van der Waals surface area contributed by atoms with Crippen LogP contribution in [0.3, 0.4) is 0 Å². The molecule has 0 aliphatic carbocycles. The normalized spacial score (nSPS) is 11.0. The van der Waals surface area contributed by atoms with Crippen LogP contribution in [0.1, 0.15) is 38.4 Å². The molecule has 4 heteroatoms. The Bertz CT molecular complexity index is 364. The van der Waals surface area contributed by atoms with Crippen LogP contribution in [0.4, 0.5) is 0 Å². The first-order valence-corrected chi connectivity index (χ1v) is 7.28. The third-order valence-corrected chi connectivity index (χ3v) is 3.21. The first kappa shape index (κ1) is 15.9. The summed E-state index contributed by atoms with van der Waals surface area (Å²) in [5.41, 5.74) is 7.88. The molecule has 1 heterocycles. The molecule has 1 aromatic rings. The van der Waals surface area contributed by atoms with Crippen LogP contribution < -0.4 is 10.5 Å². The number of nitrogens with two attached hydrogens (primary N) is 1. The molecular formula is C15H27N3O. The number of pyridine rings is 1. The quantitative estimate of drug-likeness (QED) is 0.744. The second-order valence-corrected chi connectivity index (χ2v) is 4.63. The van der Waals surface area contributed by atoms with Crippen LogP contribution in [0, 0.1) is 0 Å². The molecule has 0 spiro atoms. The van der Waals surface area contributed by atoms with Crippen molar-refractivity contribution in [3.8, 4) is 5.88 Å². The molecule has 0 saturated carbocycles. The number of likely N-dealkylation sites (N-methyl/N-ethyl adjacent to an activating group) is 1. The number of nitrogens with zero attached hydrogens (tertiary/aromatic N) is 2. The van der Waals surface area contributed by atoms with Gasteiger partial charge in [0.2, 0.25) is 5.88 Å². The summed E-state index contributed by atoms with van der Waals surface area (Å²) in [4.78, 5) is 6.86. The lowest BCUT2D eigenvalue weighted by atomic mass is 10.1. The fourth-order valence-corrected chi connectivity index (χ4v) is 2.02. The molecule has 19 heavy (non-hydrogen) atoms. The molecule has 0 bridgehead atoms. The maximum Gasteiger partial charge on any atom is 0.213 e. The summed E-state index contributed by atoms with van der Waals surface area (Å²) >= 11 is 0. The van der Waals surface area contributed by atoms with Gasteiger partial charge in [-0.05, 0) is 31.1 Å². The summed E-state index contributed by atoms with van der Waals surface area (Å²) in [7, 11) is 0. The number of aromatic nitrogens is 1. The summed E-state index contributed by atoms with van der Waals surface area (Å²) in [6.07, 6.45) is 2.06. The fraction of sp³-hybridized carbons (Fsp3) is 0.667. The van der Waals surface area contributed by atoms with Crippen molar-refractivity contribution in [3.05, 3.63) is 23.4 Å². The Morgan fingerprint density at radius 3 is 2.53 bits per heavy atom. The van der Waals surface area contributed by atoms with Crippen molar-refractivity contribution in [2.75, 3.05) is 26.2 Å². The Hall–Kier alpha value is -1.13. The van der Waals surface area contributed by atoms with Gasteiger partial charge in [0.05, 0.1) is 0 Å². The Labute approximate surface area is 117 Å². The van der Waals surface area contributed by atoms with Crippen LogP contribution >= 0.6 is 0 Å². The van der Waals surface area contributed by atoms with Crippen LogP contribution in [-0.2, 0) is 13.0 Å². The Morgan fingerprint density at radius 2 is 1.95 bits per heavy atom. The topological polar surface area (TPSA) is 51.4 Å². The molecule has 1 aromatic heterocycles. The van der Waals surface area contributed by atoms with E-state index in [4.69, 9.17) is 10.5 Å². The third-order valence-electron chi connectivity index (χ3n) is 3.21. The summed E-state index contributed by atoms with van der Waals surface area (Å²) in [6, 6.07) is 4.02. The van der Waals surface area contributed by atoms with E-state index in [0.717, 1.165) is 43.7 Å². The SMILES string of the molecule is CCCc1cc(CN)cc(OCCN(CC)CC)n1. The monoisotopic (exact) mass is 265 g/mol. The summed E-state index contributed by atoms with van der Waals surface area (Å²) < 4.78 is 5.76. The molecule has 1 rings (SSSR count). The third kappa shape index (κ3) is 5.57. The van der Waals surface area contributed by atoms with Crippen molar-refractivity contribution < 1.29 is 4.74 Å². The molecule has 0 aromatic carbocycles. The Morgan fingerprint density at radius 1 is 1.21 bits per heavy atom. The minimum Gasteiger partial charge on any atom is -0.476 e. The number of hydrogen-bond acceptors (Lipinski definition) is 4. The van der Waals surface area contributed by atoms with Gasteiger partial charge in [0.25, 0.3) is 0 Å². The van der Waals surface area contributed by atoms with E-state index < -0.39 is 0 Å². The van der Waals surface area contributed by atoms with Gasteiger partial charge in [-0.1, -0.05) is 27.2 Å².